The van der Waals surface area contributed by atoms with Crippen molar-refractivity contribution in [2.75, 3.05) is 0 Å². The van der Waals surface area contributed by atoms with Crippen LogP contribution in [0.3, 0.4) is 0 Å². The Balaban J connectivity index is 2.15. The van der Waals surface area contributed by atoms with Gasteiger partial charge in [0.15, 0.2) is 5.09 Å². The van der Waals surface area contributed by atoms with Crippen molar-refractivity contribution in [1.29, 1.82) is 0 Å². The van der Waals surface area contributed by atoms with Crippen molar-refractivity contribution in [2.24, 2.45) is 0 Å². The van der Waals surface area contributed by atoms with Gasteiger partial charge >= 0.3 is 0 Å². The average molecular weight is 175 g/mol. The normalized spacial score (nSPS) is 10.0. The van der Waals surface area contributed by atoms with Gasteiger partial charge in [-0.1, -0.05) is 23.9 Å². The quantitative estimate of drug-likeness (QED) is 0.695. The van der Waals surface area contributed by atoms with Gasteiger partial charge in [0.1, 0.15) is 0 Å². The van der Waals surface area contributed by atoms with E-state index in [1.54, 1.807) is 18.0 Å². The molecule has 0 saturated carbocycles. The van der Waals surface area contributed by atoms with E-state index in [4.69, 9.17) is 4.42 Å². The second-order valence-electron chi connectivity index (χ2n) is 2.27. The molecular weight excluding hydrogens is 168 g/mol. The predicted molar refractivity (Wildman–Crippen MR) is 48.1 cm³/mol. The number of hydrogen-bond acceptors (Lipinski definition) is 2. The fraction of sp³-hybridized carbons (Fsp3) is 0. The summed E-state index contributed by atoms with van der Waals surface area (Å²) in [6, 6.07) is 14.6. The molecule has 1 aromatic carbocycles. The van der Waals surface area contributed by atoms with E-state index in [2.05, 4.69) is 6.07 Å². The highest BCUT2D eigenvalue weighted by molar-refractivity contribution is 7.99. The minimum Gasteiger partial charge on any atom is -0.458 e. The third-order valence-electron chi connectivity index (χ3n) is 1.40. The lowest BCUT2D eigenvalue weighted by Gasteiger charge is -1.94. The van der Waals surface area contributed by atoms with E-state index in [-0.39, 0.29) is 0 Å². The zero-order valence-electron chi connectivity index (χ0n) is 6.36. The maximum atomic E-state index is 5.19. The third-order valence-corrected chi connectivity index (χ3v) is 2.34. The van der Waals surface area contributed by atoms with Crippen LogP contribution in [-0.2, 0) is 0 Å². The summed E-state index contributed by atoms with van der Waals surface area (Å²) >= 11 is 1.61. The summed E-state index contributed by atoms with van der Waals surface area (Å²) in [7, 11) is 0. The van der Waals surface area contributed by atoms with Crippen molar-refractivity contribution >= 4 is 11.8 Å². The van der Waals surface area contributed by atoms with Gasteiger partial charge in [0.05, 0.1) is 6.26 Å². The first kappa shape index (κ1) is 7.50. The smallest absolute Gasteiger partial charge is 0.164 e. The largest absolute Gasteiger partial charge is 0.458 e. The molecule has 59 valence electrons. The second kappa shape index (κ2) is 3.50. The van der Waals surface area contributed by atoms with Gasteiger partial charge in [0.25, 0.3) is 0 Å². The van der Waals surface area contributed by atoms with E-state index >= 15 is 0 Å². The number of furan rings is 1. The van der Waals surface area contributed by atoms with Crippen LogP contribution < -0.4 is 0 Å². The van der Waals surface area contributed by atoms with Crippen molar-refractivity contribution in [1.82, 2.24) is 0 Å². The van der Waals surface area contributed by atoms with Crippen molar-refractivity contribution in [2.45, 2.75) is 9.99 Å². The Hall–Kier alpha value is -1.15. The molecule has 1 radical (unpaired) electrons. The van der Waals surface area contributed by atoms with Gasteiger partial charge < -0.3 is 4.42 Å². The predicted octanol–water partition coefficient (Wildman–Crippen LogP) is 3.23. The Morgan fingerprint density at radius 3 is 2.67 bits per heavy atom. The molecule has 0 aliphatic heterocycles. The molecule has 0 unspecified atom stereocenters. The number of benzene rings is 1. The summed E-state index contributed by atoms with van der Waals surface area (Å²) in [5.74, 6) is 0. The molecule has 12 heavy (non-hydrogen) atoms. The minimum atomic E-state index is 0.918. The fourth-order valence-corrected chi connectivity index (χ4v) is 1.63. The summed E-state index contributed by atoms with van der Waals surface area (Å²) in [5.41, 5.74) is 0. The molecule has 1 aromatic heterocycles. The van der Waals surface area contributed by atoms with Gasteiger partial charge in [0.2, 0.25) is 0 Å². The van der Waals surface area contributed by atoms with Crippen molar-refractivity contribution in [3.05, 3.63) is 48.7 Å². The molecule has 0 spiro atoms. The van der Waals surface area contributed by atoms with Crippen LogP contribution in [0.1, 0.15) is 0 Å². The molecule has 0 aliphatic rings. The molecule has 0 amide bonds. The first-order chi connectivity index (χ1) is 5.95. The van der Waals surface area contributed by atoms with Gasteiger partial charge in [-0.25, -0.2) is 0 Å². The Labute approximate surface area is 75.4 Å². The fourth-order valence-electron chi connectivity index (χ4n) is 0.877. The first-order valence-electron chi connectivity index (χ1n) is 3.62. The van der Waals surface area contributed by atoms with E-state index in [1.807, 2.05) is 36.4 Å². The summed E-state index contributed by atoms with van der Waals surface area (Å²) in [4.78, 5) is 1.17. The summed E-state index contributed by atoms with van der Waals surface area (Å²) < 4.78 is 5.19. The minimum absolute atomic E-state index is 0.918. The van der Waals surface area contributed by atoms with Crippen molar-refractivity contribution in [3.8, 4) is 0 Å². The zero-order valence-corrected chi connectivity index (χ0v) is 7.17. The maximum Gasteiger partial charge on any atom is 0.164 e. The van der Waals surface area contributed by atoms with Crippen LogP contribution >= 0.6 is 11.8 Å². The lowest BCUT2D eigenvalue weighted by molar-refractivity contribution is 0.474. The topological polar surface area (TPSA) is 13.1 Å². The van der Waals surface area contributed by atoms with Crippen LogP contribution in [0.2, 0.25) is 0 Å². The Morgan fingerprint density at radius 1 is 1.17 bits per heavy atom. The molecule has 0 N–H and O–H groups in total. The van der Waals surface area contributed by atoms with Crippen molar-refractivity contribution < 1.29 is 4.42 Å². The van der Waals surface area contributed by atoms with Crippen LogP contribution in [0.25, 0.3) is 0 Å². The molecule has 2 rings (SSSR count). The zero-order chi connectivity index (χ0) is 8.23. The highest BCUT2D eigenvalue weighted by atomic mass is 32.2. The summed E-state index contributed by atoms with van der Waals surface area (Å²) in [6.07, 6.45) is 1.68. The van der Waals surface area contributed by atoms with Crippen LogP contribution in [0.4, 0.5) is 0 Å². The third kappa shape index (κ3) is 1.71. The molecule has 1 heterocycles. The Kier molecular flexibility index (Phi) is 2.19. The van der Waals surface area contributed by atoms with E-state index in [0.29, 0.717) is 0 Å². The van der Waals surface area contributed by atoms with Crippen molar-refractivity contribution in [3.63, 3.8) is 0 Å². The van der Waals surface area contributed by atoms with Crippen LogP contribution in [0.5, 0.6) is 0 Å². The Morgan fingerprint density at radius 2 is 2.00 bits per heavy atom. The second-order valence-corrected chi connectivity index (χ2v) is 3.35. The van der Waals surface area contributed by atoms with E-state index in [9.17, 15) is 0 Å². The lowest BCUT2D eigenvalue weighted by atomic mass is 10.4. The SMILES string of the molecule is [c]1ccc(Sc2ccco2)cc1. The van der Waals surface area contributed by atoms with Crippen LogP contribution in [0, 0.1) is 6.07 Å². The highest BCUT2D eigenvalue weighted by Gasteiger charge is 1.96. The standard InChI is InChI=1S/C10H7OS/c1-2-5-9(6-3-1)12-10-7-4-8-11-10/h2-8H. The molecule has 2 heteroatoms. The monoisotopic (exact) mass is 175 g/mol. The number of rotatable bonds is 2. The average Bonchev–Trinajstić information content (AvgIpc) is 2.59. The Bertz CT molecular complexity index is 326. The van der Waals surface area contributed by atoms with Gasteiger partial charge in [0, 0.05) is 4.90 Å². The summed E-state index contributed by atoms with van der Waals surface area (Å²) in [5, 5.41) is 0.918. The molecule has 1 nitrogen and oxygen atoms in total. The molecule has 0 aliphatic carbocycles. The molecule has 2 aromatic rings. The van der Waals surface area contributed by atoms with E-state index < -0.39 is 0 Å². The molecule has 0 saturated heterocycles. The van der Waals surface area contributed by atoms with Gasteiger partial charge in [-0.3, -0.25) is 0 Å². The molecule has 0 bridgehead atoms. The first-order valence-corrected chi connectivity index (χ1v) is 4.44. The van der Waals surface area contributed by atoms with Gasteiger partial charge in [-0.05, 0) is 30.3 Å². The summed E-state index contributed by atoms with van der Waals surface area (Å²) in [6.45, 7) is 0. The molecule has 0 atom stereocenters. The van der Waals surface area contributed by atoms with Gasteiger partial charge in [-0.2, -0.15) is 0 Å². The van der Waals surface area contributed by atoms with Gasteiger partial charge in [-0.15, -0.1) is 0 Å². The van der Waals surface area contributed by atoms with E-state index in [0.717, 1.165) is 5.09 Å². The van der Waals surface area contributed by atoms with Crippen LogP contribution in [-0.4, -0.2) is 0 Å². The molecule has 0 fully saturated rings. The van der Waals surface area contributed by atoms with Crippen LogP contribution in [0.15, 0.2) is 57.1 Å². The van der Waals surface area contributed by atoms with E-state index in [1.165, 1.54) is 4.90 Å². The number of hydrogen-bond donors (Lipinski definition) is 0. The highest BCUT2D eigenvalue weighted by Crippen LogP contribution is 2.26. The lowest BCUT2D eigenvalue weighted by Crippen LogP contribution is -1.67. The molecular formula is C10H7OS. The maximum absolute atomic E-state index is 5.19.